The van der Waals surface area contributed by atoms with Crippen LogP contribution >= 0.6 is 12.6 Å². The van der Waals surface area contributed by atoms with Gasteiger partial charge in [-0.05, 0) is 30.9 Å². The molecule has 0 amide bonds. The monoisotopic (exact) mass is 310 g/mol. The molecule has 21 heavy (non-hydrogen) atoms. The second-order valence-electron chi connectivity index (χ2n) is 6.14. The standard InChI is InChI=1S/C15H22N2O3S/c1-12-8-14(18)16(9-13(12)17(19)20)10-15(11-21)6-4-2-3-5-7-15/h8-9,21H,2-7,10-11H2,1H3. The first-order valence-corrected chi connectivity index (χ1v) is 8.07. The maximum atomic E-state index is 12.1. The number of thiol groups is 1. The molecule has 1 aromatic rings. The Bertz CT molecular complexity index is 575. The van der Waals surface area contributed by atoms with Gasteiger partial charge in [0.2, 0.25) is 0 Å². The Kier molecular flexibility index (Phi) is 5.08. The molecular weight excluding hydrogens is 288 g/mol. The molecule has 1 aliphatic carbocycles. The molecule has 1 saturated carbocycles. The van der Waals surface area contributed by atoms with E-state index in [0.717, 1.165) is 25.7 Å². The molecule has 0 atom stereocenters. The molecule has 0 aliphatic heterocycles. The Balaban J connectivity index is 2.34. The van der Waals surface area contributed by atoms with Gasteiger partial charge in [0.15, 0.2) is 0 Å². The van der Waals surface area contributed by atoms with Crippen molar-refractivity contribution in [2.24, 2.45) is 5.41 Å². The quantitative estimate of drug-likeness (QED) is 0.401. The third kappa shape index (κ3) is 3.67. The maximum Gasteiger partial charge on any atom is 0.288 e. The maximum absolute atomic E-state index is 12.1. The van der Waals surface area contributed by atoms with Crippen LogP contribution in [0.25, 0.3) is 0 Å². The SMILES string of the molecule is Cc1cc(=O)n(CC2(CS)CCCCCC2)cc1[N+](=O)[O-]. The molecule has 0 N–H and O–H groups in total. The van der Waals surface area contributed by atoms with Crippen LogP contribution in [0.5, 0.6) is 0 Å². The zero-order chi connectivity index (χ0) is 15.5. The normalized spacial score (nSPS) is 18.2. The number of rotatable bonds is 4. The number of pyridine rings is 1. The predicted octanol–water partition coefficient (Wildman–Crippen LogP) is 3.34. The van der Waals surface area contributed by atoms with Gasteiger partial charge in [0, 0.05) is 18.2 Å². The number of nitro groups is 1. The topological polar surface area (TPSA) is 65.1 Å². The number of hydrogen-bond donors (Lipinski definition) is 1. The van der Waals surface area contributed by atoms with Crippen molar-refractivity contribution in [2.75, 3.05) is 5.75 Å². The molecule has 1 fully saturated rings. The van der Waals surface area contributed by atoms with Gasteiger partial charge in [-0.25, -0.2) is 0 Å². The zero-order valence-electron chi connectivity index (χ0n) is 12.4. The van der Waals surface area contributed by atoms with Crippen LogP contribution in [0.3, 0.4) is 0 Å². The van der Waals surface area contributed by atoms with Crippen molar-refractivity contribution >= 4 is 18.3 Å². The fourth-order valence-corrected chi connectivity index (χ4v) is 3.59. The van der Waals surface area contributed by atoms with Crippen LogP contribution < -0.4 is 5.56 Å². The van der Waals surface area contributed by atoms with Crippen molar-refractivity contribution in [2.45, 2.75) is 52.0 Å². The highest BCUT2D eigenvalue weighted by Crippen LogP contribution is 2.37. The lowest BCUT2D eigenvalue weighted by atomic mass is 9.82. The summed E-state index contributed by atoms with van der Waals surface area (Å²) in [6.07, 6.45) is 8.19. The van der Waals surface area contributed by atoms with Gasteiger partial charge < -0.3 is 4.57 Å². The van der Waals surface area contributed by atoms with E-state index in [9.17, 15) is 14.9 Å². The van der Waals surface area contributed by atoms with Gasteiger partial charge in [0.25, 0.3) is 11.2 Å². The summed E-state index contributed by atoms with van der Waals surface area (Å²) in [5.41, 5.74) is 0.245. The first-order chi connectivity index (χ1) is 9.97. The second-order valence-corrected chi connectivity index (χ2v) is 6.45. The summed E-state index contributed by atoms with van der Waals surface area (Å²) < 4.78 is 1.51. The Morgan fingerprint density at radius 3 is 2.48 bits per heavy atom. The minimum absolute atomic E-state index is 0.0116. The highest BCUT2D eigenvalue weighted by Gasteiger charge is 2.31. The van der Waals surface area contributed by atoms with Gasteiger partial charge in [0.1, 0.15) is 0 Å². The van der Waals surface area contributed by atoms with Crippen LogP contribution in [-0.4, -0.2) is 15.2 Å². The molecule has 0 spiro atoms. The highest BCUT2D eigenvalue weighted by atomic mass is 32.1. The van der Waals surface area contributed by atoms with Gasteiger partial charge in [-0.1, -0.05) is 25.7 Å². The molecule has 1 heterocycles. The van der Waals surface area contributed by atoms with E-state index in [1.165, 1.54) is 29.7 Å². The van der Waals surface area contributed by atoms with Gasteiger partial charge in [0.05, 0.1) is 11.1 Å². The van der Waals surface area contributed by atoms with Gasteiger partial charge in [-0.2, -0.15) is 12.6 Å². The Morgan fingerprint density at radius 1 is 1.33 bits per heavy atom. The Labute approximate surface area is 129 Å². The molecule has 1 aliphatic rings. The van der Waals surface area contributed by atoms with Gasteiger partial charge in [-0.3, -0.25) is 14.9 Å². The van der Waals surface area contributed by atoms with E-state index in [-0.39, 0.29) is 16.7 Å². The average molecular weight is 310 g/mol. The smallest absolute Gasteiger partial charge is 0.288 e. The molecule has 116 valence electrons. The van der Waals surface area contributed by atoms with E-state index >= 15 is 0 Å². The molecule has 0 saturated heterocycles. The molecule has 6 heteroatoms. The van der Waals surface area contributed by atoms with Crippen molar-refractivity contribution in [3.63, 3.8) is 0 Å². The van der Waals surface area contributed by atoms with Crippen molar-refractivity contribution in [1.29, 1.82) is 0 Å². The summed E-state index contributed by atoms with van der Waals surface area (Å²) in [7, 11) is 0. The average Bonchev–Trinajstić information content (AvgIpc) is 2.67. The van der Waals surface area contributed by atoms with E-state index in [1.54, 1.807) is 6.92 Å². The van der Waals surface area contributed by atoms with E-state index in [4.69, 9.17) is 0 Å². The summed E-state index contributed by atoms with van der Waals surface area (Å²) in [5.74, 6) is 0.709. The molecule has 0 radical (unpaired) electrons. The molecule has 5 nitrogen and oxygen atoms in total. The summed E-state index contributed by atoms with van der Waals surface area (Å²) in [4.78, 5) is 22.8. The molecule has 0 bridgehead atoms. The van der Waals surface area contributed by atoms with Crippen LogP contribution in [0.15, 0.2) is 17.1 Å². The molecule has 2 rings (SSSR count). The Hall–Kier alpha value is -1.30. The van der Waals surface area contributed by atoms with E-state index < -0.39 is 4.92 Å². The van der Waals surface area contributed by atoms with Crippen LogP contribution in [0.4, 0.5) is 5.69 Å². The molecule has 1 aromatic heterocycles. The van der Waals surface area contributed by atoms with Crippen molar-refractivity contribution in [3.8, 4) is 0 Å². The minimum atomic E-state index is -0.425. The van der Waals surface area contributed by atoms with E-state index in [1.807, 2.05) is 0 Å². The minimum Gasteiger partial charge on any atom is -0.308 e. The molecule has 0 unspecified atom stereocenters. The molecule has 0 aromatic carbocycles. The predicted molar refractivity (Wildman–Crippen MR) is 86.1 cm³/mol. The highest BCUT2D eigenvalue weighted by molar-refractivity contribution is 7.80. The third-order valence-electron chi connectivity index (χ3n) is 4.51. The number of aryl methyl sites for hydroxylation is 1. The van der Waals surface area contributed by atoms with E-state index in [0.29, 0.717) is 17.9 Å². The van der Waals surface area contributed by atoms with Crippen LogP contribution in [0, 0.1) is 22.5 Å². The fourth-order valence-electron chi connectivity index (χ4n) is 3.18. The lowest BCUT2D eigenvalue weighted by Gasteiger charge is -2.31. The first-order valence-electron chi connectivity index (χ1n) is 7.44. The second kappa shape index (κ2) is 6.64. The lowest BCUT2D eigenvalue weighted by molar-refractivity contribution is -0.386. The number of nitrogens with zero attached hydrogens (tertiary/aromatic N) is 2. The van der Waals surface area contributed by atoms with Crippen molar-refractivity contribution < 1.29 is 4.92 Å². The third-order valence-corrected chi connectivity index (χ3v) is 5.18. The lowest BCUT2D eigenvalue weighted by Crippen LogP contribution is -2.33. The van der Waals surface area contributed by atoms with E-state index in [2.05, 4.69) is 12.6 Å². The summed E-state index contributed by atoms with van der Waals surface area (Å²) in [6.45, 7) is 2.13. The summed E-state index contributed by atoms with van der Waals surface area (Å²) in [5, 5.41) is 11.1. The van der Waals surface area contributed by atoms with Crippen LogP contribution in [0.1, 0.15) is 44.1 Å². The number of aromatic nitrogens is 1. The number of hydrogen-bond acceptors (Lipinski definition) is 4. The van der Waals surface area contributed by atoms with Crippen molar-refractivity contribution in [3.05, 3.63) is 38.3 Å². The zero-order valence-corrected chi connectivity index (χ0v) is 13.3. The van der Waals surface area contributed by atoms with Gasteiger partial charge >= 0.3 is 0 Å². The summed E-state index contributed by atoms with van der Waals surface area (Å²) >= 11 is 4.50. The molecular formula is C15H22N2O3S. The largest absolute Gasteiger partial charge is 0.308 e. The fraction of sp³-hybridized carbons (Fsp3) is 0.667. The van der Waals surface area contributed by atoms with Gasteiger partial charge in [-0.15, -0.1) is 0 Å². The Morgan fingerprint density at radius 2 is 1.95 bits per heavy atom. The van der Waals surface area contributed by atoms with Crippen molar-refractivity contribution in [1.82, 2.24) is 4.57 Å². The van der Waals surface area contributed by atoms with Crippen LogP contribution in [-0.2, 0) is 6.54 Å². The van der Waals surface area contributed by atoms with Crippen LogP contribution in [0.2, 0.25) is 0 Å². The first kappa shape index (κ1) is 16.1. The summed E-state index contributed by atoms with van der Waals surface area (Å²) in [6, 6.07) is 1.36.